The smallest absolute Gasteiger partial charge is 0.220 e. The minimum absolute atomic E-state index is 0.196. The molecule has 0 atom stereocenters. The summed E-state index contributed by atoms with van der Waals surface area (Å²) in [6.07, 6.45) is 5.45. The van der Waals surface area contributed by atoms with Gasteiger partial charge in [0.2, 0.25) is 5.91 Å². The van der Waals surface area contributed by atoms with Crippen LogP contribution in [-0.2, 0) is 4.79 Å². The molecule has 0 aliphatic carbocycles. The number of carbonyl (C=O) groups is 1. The van der Waals surface area contributed by atoms with Gasteiger partial charge in [0.25, 0.3) is 0 Å². The molecule has 0 heterocycles. The first-order chi connectivity index (χ1) is 8.02. The second-order valence-electron chi connectivity index (χ2n) is 5.47. The zero-order valence-electron chi connectivity index (χ0n) is 12.0. The van der Waals surface area contributed by atoms with E-state index in [-0.39, 0.29) is 5.91 Å². The topological polar surface area (TPSA) is 41.1 Å². The molecule has 0 aromatic rings. The number of hydrogen-bond acceptors (Lipinski definition) is 2. The Morgan fingerprint density at radius 3 is 2.06 bits per heavy atom. The van der Waals surface area contributed by atoms with Gasteiger partial charge in [0.15, 0.2) is 0 Å². The Hall–Kier alpha value is -0.570. The molecule has 0 rings (SSSR count). The molecule has 0 spiro atoms. The first-order valence-electron chi connectivity index (χ1n) is 7.02. The van der Waals surface area contributed by atoms with Crippen LogP contribution in [0.2, 0.25) is 0 Å². The molecule has 17 heavy (non-hydrogen) atoms. The quantitative estimate of drug-likeness (QED) is 0.578. The summed E-state index contributed by atoms with van der Waals surface area (Å²) in [5.41, 5.74) is 0. The first-order valence-corrected chi connectivity index (χ1v) is 7.02. The van der Waals surface area contributed by atoms with Gasteiger partial charge in [-0.15, -0.1) is 0 Å². The van der Waals surface area contributed by atoms with E-state index in [0.717, 1.165) is 19.5 Å². The zero-order chi connectivity index (χ0) is 13.1. The molecule has 3 heteroatoms. The van der Waals surface area contributed by atoms with Crippen LogP contribution in [0.1, 0.15) is 59.8 Å². The fourth-order valence-electron chi connectivity index (χ4n) is 1.67. The molecular formula is C14H30N2O. The maximum absolute atomic E-state index is 11.3. The van der Waals surface area contributed by atoms with Crippen molar-refractivity contribution in [3.05, 3.63) is 0 Å². The Morgan fingerprint density at radius 2 is 1.53 bits per heavy atom. The van der Waals surface area contributed by atoms with Crippen molar-refractivity contribution in [1.29, 1.82) is 0 Å². The Morgan fingerprint density at radius 1 is 0.941 bits per heavy atom. The highest BCUT2D eigenvalue weighted by Crippen LogP contribution is 2.00. The number of unbranched alkanes of at least 4 members (excludes halogenated alkanes) is 3. The fraction of sp³-hybridized carbons (Fsp3) is 0.929. The average molecular weight is 242 g/mol. The average Bonchev–Trinajstić information content (AvgIpc) is 2.20. The minimum atomic E-state index is 0.196. The summed E-state index contributed by atoms with van der Waals surface area (Å²) in [6.45, 7) is 10.4. The maximum Gasteiger partial charge on any atom is 0.220 e. The van der Waals surface area contributed by atoms with Crippen molar-refractivity contribution in [2.75, 3.05) is 13.1 Å². The van der Waals surface area contributed by atoms with Gasteiger partial charge < -0.3 is 10.6 Å². The highest BCUT2D eigenvalue weighted by Gasteiger charge is 2.02. The number of nitrogens with one attached hydrogen (secondary N) is 2. The molecule has 0 unspecified atom stereocenters. The molecule has 0 aromatic heterocycles. The van der Waals surface area contributed by atoms with Gasteiger partial charge in [-0.05, 0) is 25.3 Å². The number of rotatable bonds is 10. The molecule has 0 saturated heterocycles. The summed E-state index contributed by atoms with van der Waals surface area (Å²) in [5, 5.41) is 6.38. The minimum Gasteiger partial charge on any atom is -0.356 e. The summed E-state index contributed by atoms with van der Waals surface area (Å²) >= 11 is 0. The number of hydrogen-bond donors (Lipinski definition) is 2. The van der Waals surface area contributed by atoms with E-state index < -0.39 is 0 Å². The van der Waals surface area contributed by atoms with Gasteiger partial charge in [-0.2, -0.15) is 0 Å². The molecule has 102 valence electrons. The van der Waals surface area contributed by atoms with E-state index in [1.54, 1.807) is 0 Å². The Labute approximate surface area is 107 Å². The van der Waals surface area contributed by atoms with Gasteiger partial charge in [-0.1, -0.05) is 40.5 Å². The van der Waals surface area contributed by atoms with Crippen molar-refractivity contribution in [3.8, 4) is 0 Å². The normalized spacial score (nSPS) is 11.2. The van der Waals surface area contributed by atoms with Crippen LogP contribution in [0.4, 0.5) is 0 Å². The lowest BCUT2D eigenvalue weighted by Gasteiger charge is -2.08. The van der Waals surface area contributed by atoms with Gasteiger partial charge in [0, 0.05) is 19.0 Å². The predicted octanol–water partition coefficient (Wildman–Crippen LogP) is 2.71. The molecule has 0 bridgehead atoms. The van der Waals surface area contributed by atoms with Crippen LogP contribution in [0, 0.1) is 5.92 Å². The van der Waals surface area contributed by atoms with E-state index in [9.17, 15) is 4.79 Å². The van der Waals surface area contributed by atoms with E-state index in [0.29, 0.717) is 18.4 Å². The van der Waals surface area contributed by atoms with E-state index >= 15 is 0 Å². The fourth-order valence-corrected chi connectivity index (χ4v) is 1.67. The van der Waals surface area contributed by atoms with Crippen molar-refractivity contribution in [2.45, 2.75) is 65.8 Å². The van der Waals surface area contributed by atoms with Crippen molar-refractivity contribution in [3.63, 3.8) is 0 Å². The highest BCUT2D eigenvalue weighted by atomic mass is 16.1. The van der Waals surface area contributed by atoms with Crippen LogP contribution in [0.25, 0.3) is 0 Å². The van der Waals surface area contributed by atoms with Gasteiger partial charge >= 0.3 is 0 Å². The van der Waals surface area contributed by atoms with Gasteiger partial charge in [0.1, 0.15) is 0 Å². The Kier molecular flexibility index (Phi) is 10.2. The molecule has 3 nitrogen and oxygen atoms in total. The second-order valence-corrected chi connectivity index (χ2v) is 5.47. The van der Waals surface area contributed by atoms with Gasteiger partial charge in [-0.25, -0.2) is 0 Å². The first kappa shape index (κ1) is 16.4. The van der Waals surface area contributed by atoms with E-state index in [4.69, 9.17) is 0 Å². The Balaban J connectivity index is 3.16. The summed E-state index contributed by atoms with van der Waals surface area (Å²) in [6, 6.07) is 0.588. The van der Waals surface area contributed by atoms with Crippen molar-refractivity contribution < 1.29 is 4.79 Å². The zero-order valence-corrected chi connectivity index (χ0v) is 12.0. The molecule has 0 aliphatic heterocycles. The van der Waals surface area contributed by atoms with E-state index in [2.05, 4.69) is 38.3 Å². The summed E-state index contributed by atoms with van der Waals surface area (Å²) < 4.78 is 0. The largest absolute Gasteiger partial charge is 0.356 e. The van der Waals surface area contributed by atoms with Crippen molar-refractivity contribution >= 4 is 5.91 Å². The molecular weight excluding hydrogens is 212 g/mol. The van der Waals surface area contributed by atoms with Crippen LogP contribution < -0.4 is 10.6 Å². The third kappa shape index (κ3) is 13.4. The van der Waals surface area contributed by atoms with E-state index in [1.165, 1.54) is 19.3 Å². The molecule has 0 saturated carbocycles. The van der Waals surface area contributed by atoms with Crippen molar-refractivity contribution in [1.82, 2.24) is 10.6 Å². The monoisotopic (exact) mass is 242 g/mol. The van der Waals surface area contributed by atoms with Crippen LogP contribution in [0.15, 0.2) is 0 Å². The Bertz CT molecular complexity index is 191. The summed E-state index contributed by atoms with van der Waals surface area (Å²) in [4.78, 5) is 11.3. The lowest BCUT2D eigenvalue weighted by molar-refractivity contribution is -0.121. The predicted molar refractivity (Wildman–Crippen MR) is 74.1 cm³/mol. The lowest BCUT2D eigenvalue weighted by atomic mass is 10.1. The SMILES string of the molecule is CC(C)CC(=O)NCCCCCCNC(C)C. The van der Waals surface area contributed by atoms with E-state index in [1.807, 2.05) is 0 Å². The summed E-state index contributed by atoms with van der Waals surface area (Å²) in [5.74, 6) is 0.651. The molecule has 1 amide bonds. The van der Waals surface area contributed by atoms with Crippen molar-refractivity contribution in [2.24, 2.45) is 5.92 Å². The van der Waals surface area contributed by atoms with Crippen LogP contribution in [0.3, 0.4) is 0 Å². The maximum atomic E-state index is 11.3. The molecule has 0 fully saturated rings. The van der Waals surface area contributed by atoms with Crippen LogP contribution >= 0.6 is 0 Å². The standard InChI is InChI=1S/C14H30N2O/c1-12(2)11-14(17)16-10-8-6-5-7-9-15-13(3)4/h12-13,15H,5-11H2,1-4H3,(H,16,17). The second kappa shape index (κ2) is 10.6. The lowest BCUT2D eigenvalue weighted by Crippen LogP contribution is -2.25. The van der Waals surface area contributed by atoms with Crippen LogP contribution in [0.5, 0.6) is 0 Å². The summed E-state index contributed by atoms with van der Waals surface area (Å²) in [7, 11) is 0. The van der Waals surface area contributed by atoms with Gasteiger partial charge in [0.05, 0.1) is 0 Å². The molecule has 2 N–H and O–H groups in total. The number of amides is 1. The van der Waals surface area contributed by atoms with Gasteiger partial charge in [-0.3, -0.25) is 4.79 Å². The molecule has 0 radical (unpaired) electrons. The molecule has 0 aromatic carbocycles. The molecule has 0 aliphatic rings. The third-order valence-corrected chi connectivity index (χ3v) is 2.57. The third-order valence-electron chi connectivity index (χ3n) is 2.57. The highest BCUT2D eigenvalue weighted by molar-refractivity contribution is 5.75. The van der Waals surface area contributed by atoms with Crippen LogP contribution in [-0.4, -0.2) is 25.0 Å². The number of carbonyl (C=O) groups excluding carboxylic acids is 1.